The molecule has 2 aliphatic rings. The van der Waals surface area contributed by atoms with Crippen LogP contribution >= 0.6 is 0 Å². The van der Waals surface area contributed by atoms with Crippen LogP contribution in [0.25, 0.3) is 0 Å². The van der Waals surface area contributed by atoms with Crippen molar-refractivity contribution in [3.63, 3.8) is 0 Å². The number of sulfonamides is 2. The zero-order chi connectivity index (χ0) is 25.2. The van der Waals surface area contributed by atoms with Crippen LogP contribution in [-0.4, -0.2) is 53.2 Å². The third-order valence-corrected chi connectivity index (χ3v) is 9.35. The molecular weight excluding hydrogens is 494 g/mol. The number of amides is 2. The molecule has 0 aliphatic carbocycles. The van der Waals surface area contributed by atoms with Crippen LogP contribution in [0.3, 0.4) is 0 Å². The monoisotopic (exact) mass is 521 g/mol. The van der Waals surface area contributed by atoms with Gasteiger partial charge in [-0.25, -0.2) is 21.7 Å². The Morgan fingerprint density at radius 1 is 0.800 bits per heavy atom. The Morgan fingerprint density at radius 3 is 1.94 bits per heavy atom. The number of rotatable bonds is 7. The highest BCUT2D eigenvalue weighted by Crippen LogP contribution is 2.34. The van der Waals surface area contributed by atoms with Gasteiger partial charge in [0.15, 0.2) is 0 Å². The standard InChI is InChI=1S/C23H27N3O7S2/c1-33-21-11-10-19(16-20(21)26-22(27)12-13-23(26)28)34(29,30)24-17-6-8-18(9-7-17)35(31,32)25-14-4-2-3-5-15-25/h6-11,16,24H,2-5,12-15H2,1H3. The zero-order valence-electron chi connectivity index (χ0n) is 19.3. The molecule has 0 unspecified atom stereocenters. The van der Waals surface area contributed by atoms with Crippen LogP contribution in [0, 0.1) is 0 Å². The van der Waals surface area contributed by atoms with Gasteiger partial charge in [0.1, 0.15) is 5.75 Å². The van der Waals surface area contributed by atoms with Crippen molar-refractivity contribution in [3.8, 4) is 5.75 Å². The number of nitrogens with zero attached hydrogens (tertiary/aromatic N) is 2. The Kier molecular flexibility index (Phi) is 7.15. The van der Waals surface area contributed by atoms with Gasteiger partial charge < -0.3 is 4.74 Å². The van der Waals surface area contributed by atoms with E-state index in [9.17, 15) is 26.4 Å². The van der Waals surface area contributed by atoms with E-state index >= 15 is 0 Å². The normalized spacial score (nSPS) is 17.9. The lowest BCUT2D eigenvalue weighted by atomic mass is 10.2. The van der Waals surface area contributed by atoms with Crippen molar-refractivity contribution in [1.29, 1.82) is 0 Å². The van der Waals surface area contributed by atoms with Gasteiger partial charge in [-0.2, -0.15) is 4.31 Å². The summed E-state index contributed by atoms with van der Waals surface area (Å²) in [6, 6.07) is 9.41. The molecule has 4 rings (SSSR count). The van der Waals surface area contributed by atoms with Crippen molar-refractivity contribution in [3.05, 3.63) is 42.5 Å². The number of anilines is 2. The van der Waals surface area contributed by atoms with Gasteiger partial charge in [0.2, 0.25) is 21.8 Å². The van der Waals surface area contributed by atoms with E-state index in [1.54, 1.807) is 0 Å². The van der Waals surface area contributed by atoms with Gasteiger partial charge >= 0.3 is 0 Å². The van der Waals surface area contributed by atoms with E-state index in [1.165, 1.54) is 53.9 Å². The molecule has 12 heteroatoms. The van der Waals surface area contributed by atoms with Crippen LogP contribution in [0.4, 0.5) is 11.4 Å². The second kappa shape index (κ2) is 9.96. The SMILES string of the molecule is COc1ccc(S(=O)(=O)Nc2ccc(S(=O)(=O)N3CCCCCC3)cc2)cc1N1C(=O)CCC1=O. The molecule has 0 aromatic heterocycles. The number of ether oxygens (including phenoxy) is 1. The number of carbonyl (C=O) groups is 2. The molecule has 0 saturated carbocycles. The second-order valence-corrected chi connectivity index (χ2v) is 12.0. The molecule has 2 saturated heterocycles. The Bertz CT molecular complexity index is 1320. The van der Waals surface area contributed by atoms with Crippen molar-refractivity contribution in [1.82, 2.24) is 4.31 Å². The van der Waals surface area contributed by atoms with Gasteiger partial charge in [-0.3, -0.25) is 14.3 Å². The maximum Gasteiger partial charge on any atom is 0.261 e. The van der Waals surface area contributed by atoms with E-state index in [4.69, 9.17) is 4.74 Å². The zero-order valence-corrected chi connectivity index (χ0v) is 20.9. The molecule has 2 amide bonds. The molecule has 2 heterocycles. The Labute approximate surface area is 205 Å². The fourth-order valence-corrected chi connectivity index (χ4v) is 6.79. The van der Waals surface area contributed by atoms with Crippen molar-refractivity contribution in [2.45, 2.75) is 48.3 Å². The third-order valence-electron chi connectivity index (χ3n) is 6.06. The lowest BCUT2D eigenvalue weighted by Gasteiger charge is -2.20. The summed E-state index contributed by atoms with van der Waals surface area (Å²) < 4.78 is 61.1. The van der Waals surface area contributed by atoms with Crippen molar-refractivity contribution in [2.24, 2.45) is 0 Å². The molecule has 2 aromatic rings. The van der Waals surface area contributed by atoms with Gasteiger partial charge in [-0.05, 0) is 55.3 Å². The van der Waals surface area contributed by atoms with E-state index in [2.05, 4.69) is 4.72 Å². The van der Waals surface area contributed by atoms with Gasteiger partial charge in [0, 0.05) is 31.6 Å². The van der Waals surface area contributed by atoms with Crippen LogP contribution in [0.15, 0.2) is 52.3 Å². The lowest BCUT2D eigenvalue weighted by Crippen LogP contribution is -2.31. The summed E-state index contributed by atoms with van der Waals surface area (Å²) in [6.07, 6.45) is 3.72. The molecule has 0 bridgehead atoms. The first-order chi connectivity index (χ1) is 16.6. The average molecular weight is 522 g/mol. The molecule has 188 valence electrons. The molecule has 2 fully saturated rings. The third kappa shape index (κ3) is 5.19. The summed E-state index contributed by atoms with van der Waals surface area (Å²) in [5, 5.41) is 0. The van der Waals surface area contributed by atoms with Gasteiger partial charge in [0.25, 0.3) is 10.0 Å². The van der Waals surface area contributed by atoms with E-state index in [0.29, 0.717) is 13.1 Å². The summed E-state index contributed by atoms with van der Waals surface area (Å²) in [5.41, 5.74) is 0.229. The Balaban J connectivity index is 1.57. The van der Waals surface area contributed by atoms with Gasteiger partial charge in [-0.15, -0.1) is 0 Å². The molecule has 10 nitrogen and oxygen atoms in total. The maximum atomic E-state index is 13.0. The van der Waals surface area contributed by atoms with E-state index in [1.807, 2.05) is 0 Å². The largest absolute Gasteiger partial charge is 0.495 e. The van der Waals surface area contributed by atoms with E-state index in [-0.39, 0.29) is 39.8 Å². The maximum absolute atomic E-state index is 13.0. The van der Waals surface area contributed by atoms with Crippen LogP contribution in [-0.2, 0) is 29.6 Å². The lowest BCUT2D eigenvalue weighted by molar-refractivity contribution is -0.121. The van der Waals surface area contributed by atoms with Gasteiger partial charge in [-0.1, -0.05) is 12.8 Å². The number of methoxy groups -OCH3 is 1. The fourth-order valence-electron chi connectivity index (χ4n) is 4.20. The molecule has 35 heavy (non-hydrogen) atoms. The number of hydrogen-bond acceptors (Lipinski definition) is 7. The number of nitrogens with one attached hydrogen (secondary N) is 1. The van der Waals surface area contributed by atoms with Crippen molar-refractivity contribution in [2.75, 3.05) is 29.8 Å². The molecular formula is C23H27N3O7S2. The van der Waals surface area contributed by atoms with Gasteiger partial charge in [0.05, 0.1) is 22.6 Å². The Morgan fingerprint density at radius 2 is 1.37 bits per heavy atom. The first-order valence-corrected chi connectivity index (χ1v) is 14.2. The summed E-state index contributed by atoms with van der Waals surface area (Å²) in [7, 11) is -6.41. The molecule has 0 atom stereocenters. The van der Waals surface area contributed by atoms with Crippen LogP contribution in [0.1, 0.15) is 38.5 Å². The van der Waals surface area contributed by atoms with Crippen molar-refractivity contribution < 1.29 is 31.2 Å². The van der Waals surface area contributed by atoms with E-state index < -0.39 is 31.9 Å². The van der Waals surface area contributed by atoms with E-state index in [0.717, 1.165) is 30.6 Å². The summed E-state index contributed by atoms with van der Waals surface area (Å²) in [6.45, 7) is 0.942. The number of benzene rings is 2. The van der Waals surface area contributed by atoms with Crippen LogP contribution < -0.4 is 14.4 Å². The summed E-state index contributed by atoms with van der Waals surface area (Å²) in [5.74, 6) is -0.676. The topological polar surface area (TPSA) is 130 Å². The highest BCUT2D eigenvalue weighted by molar-refractivity contribution is 7.92. The minimum Gasteiger partial charge on any atom is -0.495 e. The average Bonchev–Trinajstić information content (AvgIpc) is 3.02. The minimum absolute atomic E-state index is 0.0455. The molecule has 0 radical (unpaired) electrons. The predicted molar refractivity (Wildman–Crippen MR) is 129 cm³/mol. The molecule has 2 aliphatic heterocycles. The summed E-state index contributed by atoms with van der Waals surface area (Å²) >= 11 is 0. The molecule has 0 spiro atoms. The quantitative estimate of drug-likeness (QED) is 0.555. The van der Waals surface area contributed by atoms with Crippen molar-refractivity contribution >= 4 is 43.2 Å². The second-order valence-electron chi connectivity index (χ2n) is 8.40. The van der Waals surface area contributed by atoms with Crippen LogP contribution in [0.5, 0.6) is 5.75 Å². The molecule has 2 aromatic carbocycles. The fraction of sp³-hybridized carbons (Fsp3) is 0.391. The smallest absolute Gasteiger partial charge is 0.261 e. The number of imide groups is 1. The first kappa shape index (κ1) is 25.1. The minimum atomic E-state index is -4.11. The number of carbonyl (C=O) groups excluding carboxylic acids is 2. The number of hydrogen-bond donors (Lipinski definition) is 1. The predicted octanol–water partition coefficient (Wildman–Crippen LogP) is 2.71. The molecule has 1 N–H and O–H groups in total. The highest BCUT2D eigenvalue weighted by atomic mass is 32.2. The first-order valence-electron chi connectivity index (χ1n) is 11.3. The Hall–Kier alpha value is -2.96. The van der Waals surface area contributed by atoms with Crippen LogP contribution in [0.2, 0.25) is 0 Å². The highest BCUT2D eigenvalue weighted by Gasteiger charge is 2.33. The summed E-state index contributed by atoms with van der Waals surface area (Å²) in [4.78, 5) is 25.2.